The number of nitrogens with two attached hydrogens (primary N) is 1. The third kappa shape index (κ3) is 3.63. The highest BCUT2D eigenvalue weighted by molar-refractivity contribution is 9.10. The van der Waals surface area contributed by atoms with Crippen molar-refractivity contribution in [1.29, 1.82) is 0 Å². The first-order valence-electron chi connectivity index (χ1n) is 6.19. The molecule has 0 aliphatic carbocycles. The van der Waals surface area contributed by atoms with E-state index in [0.29, 0.717) is 22.5 Å². The molecular weight excluding hydrogens is 325 g/mol. The molecule has 20 heavy (non-hydrogen) atoms. The summed E-state index contributed by atoms with van der Waals surface area (Å²) in [6.07, 6.45) is 0. The molecule has 0 saturated carbocycles. The van der Waals surface area contributed by atoms with Gasteiger partial charge in [-0.1, -0.05) is 15.9 Å². The molecule has 3 nitrogen and oxygen atoms in total. The van der Waals surface area contributed by atoms with E-state index in [1.807, 2.05) is 6.92 Å². The highest BCUT2D eigenvalue weighted by Crippen LogP contribution is 2.26. The van der Waals surface area contributed by atoms with Crippen molar-refractivity contribution < 1.29 is 13.9 Å². The Balaban J connectivity index is 2.15. The lowest BCUT2D eigenvalue weighted by molar-refractivity contribution is 0.275. The lowest BCUT2D eigenvalue weighted by Crippen LogP contribution is -2.03. The molecular formula is C15H15BrFNO2. The van der Waals surface area contributed by atoms with Crippen LogP contribution in [0.25, 0.3) is 0 Å². The molecule has 0 radical (unpaired) electrons. The maximum atomic E-state index is 13.7. The fraction of sp³-hybridized carbons (Fsp3) is 0.200. The zero-order valence-electron chi connectivity index (χ0n) is 11.0. The summed E-state index contributed by atoms with van der Waals surface area (Å²) in [5.41, 5.74) is 7.15. The van der Waals surface area contributed by atoms with Crippen LogP contribution in [0.5, 0.6) is 11.5 Å². The zero-order chi connectivity index (χ0) is 14.5. The van der Waals surface area contributed by atoms with Crippen molar-refractivity contribution in [2.45, 2.75) is 13.5 Å². The van der Waals surface area contributed by atoms with Gasteiger partial charge in [0.2, 0.25) is 0 Å². The number of hydrogen-bond acceptors (Lipinski definition) is 3. The normalized spacial score (nSPS) is 10.3. The standard InChI is InChI=1S/C15H15BrFNO2/c1-2-19-14-6-4-12(18)7-10(14)9-20-15-5-3-11(16)8-13(15)17/h3-8H,2,9,18H2,1H3. The summed E-state index contributed by atoms with van der Waals surface area (Å²) in [5, 5.41) is 0. The molecule has 0 saturated heterocycles. The number of hydrogen-bond donors (Lipinski definition) is 1. The Hall–Kier alpha value is -1.75. The minimum atomic E-state index is -0.416. The molecule has 0 spiro atoms. The summed E-state index contributed by atoms with van der Waals surface area (Å²) in [4.78, 5) is 0. The van der Waals surface area contributed by atoms with Gasteiger partial charge in [0.25, 0.3) is 0 Å². The Morgan fingerprint density at radius 3 is 2.55 bits per heavy atom. The Kier molecular flexibility index (Phi) is 4.84. The van der Waals surface area contributed by atoms with Gasteiger partial charge in [-0.15, -0.1) is 0 Å². The zero-order valence-corrected chi connectivity index (χ0v) is 12.6. The smallest absolute Gasteiger partial charge is 0.166 e. The minimum absolute atomic E-state index is 0.193. The van der Waals surface area contributed by atoms with Crippen molar-refractivity contribution in [3.63, 3.8) is 0 Å². The topological polar surface area (TPSA) is 44.5 Å². The Labute approximate surface area is 125 Å². The van der Waals surface area contributed by atoms with Crippen molar-refractivity contribution in [1.82, 2.24) is 0 Å². The lowest BCUT2D eigenvalue weighted by Gasteiger charge is -2.12. The van der Waals surface area contributed by atoms with Gasteiger partial charge in [0, 0.05) is 15.7 Å². The summed E-state index contributed by atoms with van der Waals surface area (Å²) in [7, 11) is 0. The number of anilines is 1. The first-order valence-corrected chi connectivity index (χ1v) is 6.98. The van der Waals surface area contributed by atoms with Crippen LogP contribution >= 0.6 is 15.9 Å². The van der Waals surface area contributed by atoms with E-state index < -0.39 is 5.82 Å². The summed E-state index contributed by atoms with van der Waals surface area (Å²) in [5.74, 6) is 0.471. The molecule has 0 amide bonds. The molecule has 5 heteroatoms. The molecule has 106 valence electrons. The van der Waals surface area contributed by atoms with Crippen molar-refractivity contribution in [2.24, 2.45) is 0 Å². The average molecular weight is 340 g/mol. The Morgan fingerprint density at radius 1 is 1.10 bits per heavy atom. The van der Waals surface area contributed by atoms with Crippen LogP contribution in [0.2, 0.25) is 0 Å². The first kappa shape index (κ1) is 14.7. The van der Waals surface area contributed by atoms with Crippen LogP contribution in [0.1, 0.15) is 12.5 Å². The molecule has 0 fully saturated rings. The predicted molar refractivity (Wildman–Crippen MR) is 80.5 cm³/mol. The van der Waals surface area contributed by atoms with Crippen LogP contribution in [-0.4, -0.2) is 6.61 Å². The molecule has 0 aromatic heterocycles. The molecule has 2 N–H and O–H groups in total. The molecule has 2 aromatic carbocycles. The number of rotatable bonds is 5. The number of halogens is 2. The highest BCUT2D eigenvalue weighted by atomic mass is 79.9. The van der Waals surface area contributed by atoms with Crippen LogP contribution < -0.4 is 15.2 Å². The molecule has 0 aliphatic heterocycles. The van der Waals surface area contributed by atoms with Gasteiger partial charge in [-0.2, -0.15) is 0 Å². The second-order valence-corrected chi connectivity index (χ2v) is 5.08. The van der Waals surface area contributed by atoms with Gasteiger partial charge in [0.15, 0.2) is 11.6 Å². The molecule has 0 unspecified atom stereocenters. The highest BCUT2D eigenvalue weighted by Gasteiger charge is 2.08. The first-order chi connectivity index (χ1) is 9.60. The van der Waals surface area contributed by atoms with Gasteiger partial charge in [0.1, 0.15) is 12.4 Å². The number of ether oxygens (including phenoxy) is 2. The number of benzene rings is 2. The Morgan fingerprint density at radius 2 is 1.85 bits per heavy atom. The lowest BCUT2D eigenvalue weighted by atomic mass is 10.2. The van der Waals surface area contributed by atoms with Gasteiger partial charge in [-0.3, -0.25) is 0 Å². The van der Waals surface area contributed by atoms with Crippen LogP contribution in [-0.2, 0) is 6.61 Å². The van der Waals surface area contributed by atoms with Gasteiger partial charge in [0.05, 0.1) is 6.61 Å². The van der Waals surface area contributed by atoms with Gasteiger partial charge >= 0.3 is 0 Å². The van der Waals surface area contributed by atoms with E-state index in [9.17, 15) is 4.39 Å². The second-order valence-electron chi connectivity index (χ2n) is 4.16. The third-order valence-electron chi connectivity index (χ3n) is 2.66. The van der Waals surface area contributed by atoms with Gasteiger partial charge in [-0.05, 0) is 43.3 Å². The van der Waals surface area contributed by atoms with Crippen molar-refractivity contribution in [3.05, 3.63) is 52.3 Å². The van der Waals surface area contributed by atoms with E-state index >= 15 is 0 Å². The fourth-order valence-corrected chi connectivity index (χ4v) is 2.09. The Bertz CT molecular complexity index is 604. The van der Waals surface area contributed by atoms with Crippen LogP contribution in [0.15, 0.2) is 40.9 Å². The fourth-order valence-electron chi connectivity index (χ4n) is 1.76. The summed E-state index contributed by atoms with van der Waals surface area (Å²) in [6, 6.07) is 9.97. The molecule has 0 bridgehead atoms. The number of nitrogen functional groups attached to an aromatic ring is 1. The van der Waals surface area contributed by atoms with Gasteiger partial charge in [-0.25, -0.2) is 4.39 Å². The quantitative estimate of drug-likeness (QED) is 0.832. The van der Waals surface area contributed by atoms with Crippen molar-refractivity contribution >= 4 is 21.6 Å². The monoisotopic (exact) mass is 339 g/mol. The average Bonchev–Trinajstić information content (AvgIpc) is 2.41. The van der Waals surface area contributed by atoms with Crippen molar-refractivity contribution in [3.8, 4) is 11.5 Å². The SMILES string of the molecule is CCOc1ccc(N)cc1COc1ccc(Br)cc1F. The van der Waals surface area contributed by atoms with E-state index in [2.05, 4.69) is 15.9 Å². The maximum absolute atomic E-state index is 13.7. The molecule has 0 heterocycles. The van der Waals surface area contributed by atoms with E-state index in [1.165, 1.54) is 6.07 Å². The predicted octanol–water partition coefficient (Wildman–Crippen LogP) is 4.15. The summed E-state index contributed by atoms with van der Waals surface area (Å²) in [6.45, 7) is 2.64. The van der Waals surface area contributed by atoms with Crippen LogP contribution in [0.3, 0.4) is 0 Å². The van der Waals surface area contributed by atoms with E-state index in [0.717, 1.165) is 5.56 Å². The van der Waals surface area contributed by atoms with E-state index in [4.69, 9.17) is 15.2 Å². The molecule has 2 aromatic rings. The molecule has 2 rings (SSSR count). The van der Waals surface area contributed by atoms with Crippen LogP contribution in [0.4, 0.5) is 10.1 Å². The third-order valence-corrected chi connectivity index (χ3v) is 3.15. The summed E-state index contributed by atoms with van der Waals surface area (Å²) >= 11 is 3.20. The van der Waals surface area contributed by atoms with Gasteiger partial charge < -0.3 is 15.2 Å². The van der Waals surface area contributed by atoms with E-state index in [1.54, 1.807) is 30.3 Å². The summed E-state index contributed by atoms with van der Waals surface area (Å²) < 4.78 is 25.3. The molecule has 0 aliphatic rings. The molecule has 0 atom stereocenters. The largest absolute Gasteiger partial charge is 0.493 e. The van der Waals surface area contributed by atoms with Crippen LogP contribution in [0, 0.1) is 5.82 Å². The minimum Gasteiger partial charge on any atom is -0.493 e. The van der Waals surface area contributed by atoms with Crippen molar-refractivity contribution in [2.75, 3.05) is 12.3 Å². The van der Waals surface area contributed by atoms with E-state index in [-0.39, 0.29) is 12.4 Å². The second kappa shape index (κ2) is 6.61. The maximum Gasteiger partial charge on any atom is 0.166 e.